The number of carbonyl (C=O) groups is 4. The predicted molar refractivity (Wildman–Crippen MR) is 188 cm³/mol. The van der Waals surface area contributed by atoms with Gasteiger partial charge < -0.3 is 43.2 Å². The molecule has 2 saturated heterocycles. The molecule has 2 aliphatic heterocycles. The number of aliphatic hydroxyl groups is 1. The predicted octanol–water partition coefficient (Wildman–Crippen LogP) is 3.63. The molecule has 14 atom stereocenters. The third-order valence-corrected chi connectivity index (χ3v) is 10.9. The first-order valence-electron chi connectivity index (χ1n) is 18.1. The van der Waals surface area contributed by atoms with E-state index in [0.717, 1.165) is 4.57 Å². The van der Waals surface area contributed by atoms with E-state index in [2.05, 4.69) is 4.98 Å². The molecule has 0 saturated carbocycles. The summed E-state index contributed by atoms with van der Waals surface area (Å²) in [6, 6.07) is -0.282. The summed E-state index contributed by atoms with van der Waals surface area (Å²) in [4.78, 5) is 60.1. The van der Waals surface area contributed by atoms with E-state index in [1.807, 2.05) is 25.9 Å². The number of esters is 2. The van der Waals surface area contributed by atoms with Gasteiger partial charge in [-0.15, -0.1) is 0 Å². The molecule has 1 aromatic rings. The maximum atomic E-state index is 14.2. The molecule has 1 aromatic heterocycles. The first-order chi connectivity index (χ1) is 24.2. The molecule has 0 unspecified atom stereocenters. The van der Waals surface area contributed by atoms with Crippen LogP contribution in [0, 0.1) is 23.7 Å². The first kappa shape index (κ1) is 43.5. The van der Waals surface area contributed by atoms with Crippen molar-refractivity contribution in [1.29, 1.82) is 0 Å². The fraction of sp³-hybridized carbons (Fsp3) is 0.811. The molecule has 0 aromatic carbocycles. The van der Waals surface area contributed by atoms with E-state index in [9.17, 15) is 24.3 Å². The summed E-state index contributed by atoms with van der Waals surface area (Å²) < 4.78 is 44.3. The number of Topliss-reactive ketones (excluding diaryl/α,β-unsaturated/α-hetero) is 1. The summed E-state index contributed by atoms with van der Waals surface area (Å²) in [5, 5.41) is 11.9. The van der Waals surface area contributed by atoms with Crippen LogP contribution in [-0.4, -0.2) is 132 Å². The van der Waals surface area contributed by atoms with E-state index >= 15 is 0 Å². The van der Waals surface area contributed by atoms with Gasteiger partial charge in [-0.3, -0.25) is 14.4 Å². The smallest absolute Gasteiger partial charge is 0.419 e. The van der Waals surface area contributed by atoms with Crippen LogP contribution in [0.3, 0.4) is 0 Å². The number of ketones is 1. The lowest BCUT2D eigenvalue weighted by molar-refractivity contribution is -0.303. The third kappa shape index (κ3) is 9.58. The van der Waals surface area contributed by atoms with Gasteiger partial charge in [-0.1, -0.05) is 27.7 Å². The molecule has 52 heavy (non-hydrogen) atoms. The van der Waals surface area contributed by atoms with Gasteiger partial charge >= 0.3 is 18.0 Å². The van der Waals surface area contributed by atoms with Gasteiger partial charge in [-0.25, -0.2) is 14.3 Å². The second-order valence-electron chi connectivity index (χ2n) is 15.2. The van der Waals surface area contributed by atoms with Gasteiger partial charge in [0.25, 0.3) is 0 Å². The van der Waals surface area contributed by atoms with Crippen molar-refractivity contribution in [3.05, 3.63) is 18.7 Å². The highest BCUT2D eigenvalue weighted by atomic mass is 16.7. The highest BCUT2D eigenvalue weighted by molar-refractivity contribution is 5.83. The molecule has 0 bridgehead atoms. The molecular weight excluding hydrogens is 678 g/mol. The SMILES string of the molecule is CC[C@H]1OC(=O)[C@H](C)[C@@H](OC(=O)n2ccnc2)[C@H](C)[C@@H](O[C@@H]2O[C@H](C)C[C@H](N(C)C)[C@H]2OC(C)=O)[C@](C)(OC)C[C@@H](C)C(=O)[C@H](C)[C@@H](OC)[C@]1(C)O. The highest BCUT2D eigenvalue weighted by Gasteiger charge is 2.53. The van der Waals surface area contributed by atoms with Crippen molar-refractivity contribution in [3.8, 4) is 0 Å². The van der Waals surface area contributed by atoms with Gasteiger partial charge in [-0.05, 0) is 61.1 Å². The van der Waals surface area contributed by atoms with E-state index < -0.39 is 89.7 Å². The lowest BCUT2D eigenvalue weighted by atomic mass is 9.73. The molecule has 15 heteroatoms. The largest absolute Gasteiger partial charge is 0.459 e. The van der Waals surface area contributed by atoms with Crippen LogP contribution in [0.4, 0.5) is 4.79 Å². The Hall–Kier alpha value is -2.95. The summed E-state index contributed by atoms with van der Waals surface area (Å²) in [5.41, 5.74) is -3.07. The second kappa shape index (κ2) is 17.9. The summed E-state index contributed by atoms with van der Waals surface area (Å²) in [5.74, 6) is -4.93. The zero-order valence-corrected chi connectivity index (χ0v) is 33.1. The molecule has 2 fully saturated rings. The lowest BCUT2D eigenvalue weighted by Gasteiger charge is -2.49. The number of carbonyl (C=O) groups excluding carboxylic acids is 4. The molecule has 3 rings (SSSR count). The van der Waals surface area contributed by atoms with Crippen LogP contribution in [-0.2, 0) is 47.5 Å². The van der Waals surface area contributed by atoms with Crippen LogP contribution >= 0.6 is 0 Å². The summed E-state index contributed by atoms with van der Waals surface area (Å²) >= 11 is 0. The third-order valence-electron chi connectivity index (χ3n) is 10.9. The average molecular weight is 740 g/mol. The Balaban J connectivity index is 2.26. The molecule has 296 valence electrons. The van der Waals surface area contributed by atoms with Crippen molar-refractivity contribution in [2.45, 2.75) is 142 Å². The van der Waals surface area contributed by atoms with Crippen LogP contribution in [0.25, 0.3) is 0 Å². The van der Waals surface area contributed by atoms with Crippen LogP contribution in [0.2, 0.25) is 0 Å². The Labute approximate surface area is 307 Å². The van der Waals surface area contributed by atoms with Gasteiger partial charge in [0.2, 0.25) is 0 Å². The minimum Gasteiger partial charge on any atom is -0.459 e. The Bertz CT molecular complexity index is 1360. The summed E-state index contributed by atoms with van der Waals surface area (Å²) in [6.45, 7) is 15.0. The van der Waals surface area contributed by atoms with Crippen LogP contribution in [0.5, 0.6) is 0 Å². The summed E-state index contributed by atoms with van der Waals surface area (Å²) in [7, 11) is 6.64. The van der Waals surface area contributed by atoms with Crippen LogP contribution < -0.4 is 0 Å². The second-order valence-corrected chi connectivity index (χ2v) is 15.2. The zero-order valence-electron chi connectivity index (χ0n) is 33.1. The van der Waals surface area contributed by atoms with Gasteiger partial charge in [0.05, 0.1) is 35.9 Å². The lowest BCUT2D eigenvalue weighted by Crippen LogP contribution is -2.61. The van der Waals surface area contributed by atoms with Crippen molar-refractivity contribution in [1.82, 2.24) is 14.5 Å². The molecular formula is C37H61N3O12. The number of nitrogens with zero attached hydrogens (tertiary/aromatic N) is 3. The molecule has 2 aliphatic rings. The van der Waals surface area contributed by atoms with Crippen molar-refractivity contribution < 1.29 is 57.4 Å². The van der Waals surface area contributed by atoms with Gasteiger partial charge in [0.1, 0.15) is 29.9 Å². The number of rotatable bonds is 8. The normalized spacial score (nSPS) is 39.8. The summed E-state index contributed by atoms with van der Waals surface area (Å²) in [6.07, 6.45) is -2.51. The molecule has 0 amide bonds. The minimum atomic E-state index is -1.77. The highest BCUT2D eigenvalue weighted by Crippen LogP contribution is 2.40. The number of hydrogen-bond acceptors (Lipinski definition) is 14. The number of cyclic esters (lactones) is 1. The van der Waals surface area contributed by atoms with Gasteiger partial charge in [-0.2, -0.15) is 0 Å². The number of ether oxygens (including phenoxy) is 7. The minimum absolute atomic E-state index is 0.107. The number of imidazole rings is 1. The fourth-order valence-corrected chi connectivity index (χ4v) is 8.06. The van der Waals surface area contributed by atoms with Crippen molar-refractivity contribution in [2.75, 3.05) is 28.3 Å². The molecule has 0 aliphatic carbocycles. The van der Waals surface area contributed by atoms with E-state index in [0.29, 0.717) is 6.42 Å². The van der Waals surface area contributed by atoms with E-state index in [-0.39, 0.29) is 30.8 Å². The van der Waals surface area contributed by atoms with Crippen molar-refractivity contribution in [2.24, 2.45) is 23.7 Å². The Kier molecular flexibility index (Phi) is 15.0. The monoisotopic (exact) mass is 739 g/mol. The standard InChI is InChI=1S/C37H61N3O12/c1-14-27-37(9,45)32(46-12)22(4)28(42)20(2)18-36(8,47-13)31(52-34-30(49-25(7)41)26(39(10)11)17-21(3)48-34)23(5)29(24(6)33(43)50-27)51-35(44)40-16-15-38-19-40/h15-16,19-24,26-27,29-32,34,45H,14,17-18H2,1-13H3/t20-,21-,22+,23+,24-,26+,27-,29+,30-,31-,32-,34+,36-,37-/m1/s1. The number of methoxy groups -OCH3 is 2. The average Bonchev–Trinajstić information content (AvgIpc) is 3.63. The van der Waals surface area contributed by atoms with Gasteiger partial charge in [0, 0.05) is 51.3 Å². The fourth-order valence-electron chi connectivity index (χ4n) is 8.06. The Morgan fingerprint density at radius 1 is 1.04 bits per heavy atom. The molecule has 1 N–H and O–H groups in total. The van der Waals surface area contributed by atoms with Crippen LogP contribution in [0.1, 0.15) is 81.6 Å². The van der Waals surface area contributed by atoms with Crippen LogP contribution in [0.15, 0.2) is 18.7 Å². The van der Waals surface area contributed by atoms with Crippen molar-refractivity contribution >= 4 is 23.8 Å². The molecule has 0 spiro atoms. The molecule has 3 heterocycles. The molecule has 0 radical (unpaired) electrons. The quantitative estimate of drug-likeness (QED) is 0.302. The van der Waals surface area contributed by atoms with Gasteiger partial charge in [0.15, 0.2) is 12.4 Å². The Morgan fingerprint density at radius 2 is 1.69 bits per heavy atom. The topological polar surface area (TPSA) is 174 Å². The van der Waals surface area contributed by atoms with E-state index in [1.165, 1.54) is 46.8 Å². The molecule has 15 nitrogen and oxygen atoms in total. The number of likely N-dealkylation sites (N-methyl/N-ethyl adjacent to an activating group) is 1. The maximum Gasteiger partial charge on any atom is 0.419 e. The van der Waals surface area contributed by atoms with E-state index in [1.54, 1.807) is 41.5 Å². The zero-order chi connectivity index (χ0) is 39.3. The maximum absolute atomic E-state index is 14.2. The van der Waals surface area contributed by atoms with E-state index in [4.69, 9.17) is 33.2 Å². The first-order valence-corrected chi connectivity index (χ1v) is 18.1. The van der Waals surface area contributed by atoms with Crippen molar-refractivity contribution in [3.63, 3.8) is 0 Å². The Morgan fingerprint density at radius 3 is 2.21 bits per heavy atom. The number of hydrogen-bond donors (Lipinski definition) is 1. The number of aromatic nitrogens is 2.